The zero-order valence-electron chi connectivity index (χ0n) is 10.5. The van der Waals surface area contributed by atoms with E-state index < -0.39 is 10.0 Å². The molecule has 1 aromatic rings. The van der Waals surface area contributed by atoms with E-state index >= 15 is 0 Å². The Balaban J connectivity index is 1.93. The number of hydrogen-bond acceptors (Lipinski definition) is 4. The van der Waals surface area contributed by atoms with Crippen LogP contribution in [0.1, 0.15) is 19.8 Å². The van der Waals surface area contributed by atoms with E-state index in [1.165, 1.54) is 0 Å². The molecule has 100 valence electrons. The Labute approximate surface area is 108 Å². The Morgan fingerprint density at radius 3 is 3.00 bits per heavy atom. The average Bonchev–Trinajstić information content (AvgIpc) is 2.77. The largest absolute Gasteiger partial charge is 0.355 e. The molecule has 0 aliphatic carbocycles. The van der Waals surface area contributed by atoms with Crippen molar-refractivity contribution in [1.29, 1.82) is 0 Å². The van der Waals surface area contributed by atoms with Crippen molar-refractivity contribution < 1.29 is 8.42 Å². The SMILES string of the molecule is CCCS(=O)(=O)NC1CCN(c2ccccn2)C1. The fourth-order valence-corrected chi connectivity index (χ4v) is 3.54. The summed E-state index contributed by atoms with van der Waals surface area (Å²) in [5.74, 6) is 1.11. The molecule has 1 unspecified atom stereocenters. The first-order valence-electron chi connectivity index (χ1n) is 6.26. The summed E-state index contributed by atoms with van der Waals surface area (Å²) in [5.41, 5.74) is 0. The van der Waals surface area contributed by atoms with Crippen LogP contribution in [0.25, 0.3) is 0 Å². The highest BCUT2D eigenvalue weighted by atomic mass is 32.2. The van der Waals surface area contributed by atoms with E-state index in [1.54, 1.807) is 6.20 Å². The van der Waals surface area contributed by atoms with Crippen LogP contribution >= 0.6 is 0 Å². The quantitative estimate of drug-likeness (QED) is 0.866. The van der Waals surface area contributed by atoms with Crippen LogP contribution in [0, 0.1) is 0 Å². The van der Waals surface area contributed by atoms with E-state index in [1.807, 2.05) is 25.1 Å². The molecule has 0 bridgehead atoms. The number of aromatic nitrogens is 1. The molecule has 1 N–H and O–H groups in total. The number of nitrogens with zero attached hydrogens (tertiary/aromatic N) is 2. The third-order valence-corrected chi connectivity index (χ3v) is 4.62. The van der Waals surface area contributed by atoms with Gasteiger partial charge in [0.1, 0.15) is 5.82 Å². The van der Waals surface area contributed by atoms with Crippen molar-refractivity contribution in [3.8, 4) is 0 Å². The molecule has 0 spiro atoms. The number of nitrogens with one attached hydrogen (secondary N) is 1. The monoisotopic (exact) mass is 269 g/mol. The summed E-state index contributed by atoms with van der Waals surface area (Å²) in [6.07, 6.45) is 3.23. The molecule has 5 nitrogen and oxygen atoms in total. The predicted molar refractivity (Wildman–Crippen MR) is 72.1 cm³/mol. The summed E-state index contributed by atoms with van der Waals surface area (Å²) in [6, 6.07) is 5.77. The molecule has 1 aromatic heterocycles. The first-order valence-corrected chi connectivity index (χ1v) is 7.92. The molecule has 6 heteroatoms. The summed E-state index contributed by atoms with van der Waals surface area (Å²) >= 11 is 0. The summed E-state index contributed by atoms with van der Waals surface area (Å²) in [6.45, 7) is 3.41. The van der Waals surface area contributed by atoms with Crippen LogP contribution in [0.5, 0.6) is 0 Å². The van der Waals surface area contributed by atoms with Crippen molar-refractivity contribution in [2.45, 2.75) is 25.8 Å². The lowest BCUT2D eigenvalue weighted by molar-refractivity contribution is 0.560. The maximum atomic E-state index is 11.7. The van der Waals surface area contributed by atoms with Gasteiger partial charge in [0.15, 0.2) is 0 Å². The highest BCUT2D eigenvalue weighted by Gasteiger charge is 2.26. The second-order valence-electron chi connectivity index (χ2n) is 4.56. The second kappa shape index (κ2) is 5.67. The zero-order valence-corrected chi connectivity index (χ0v) is 11.4. The number of anilines is 1. The maximum Gasteiger partial charge on any atom is 0.211 e. The molecule has 18 heavy (non-hydrogen) atoms. The van der Waals surface area contributed by atoms with Gasteiger partial charge in [-0.2, -0.15) is 0 Å². The summed E-state index contributed by atoms with van der Waals surface area (Å²) in [5, 5.41) is 0. The fourth-order valence-electron chi connectivity index (χ4n) is 2.19. The average molecular weight is 269 g/mol. The molecular weight excluding hydrogens is 250 g/mol. The fraction of sp³-hybridized carbons (Fsp3) is 0.583. The highest BCUT2D eigenvalue weighted by molar-refractivity contribution is 7.89. The van der Waals surface area contributed by atoms with Gasteiger partial charge in [-0.1, -0.05) is 13.0 Å². The molecule has 0 saturated carbocycles. The highest BCUT2D eigenvalue weighted by Crippen LogP contribution is 2.17. The van der Waals surface area contributed by atoms with Gasteiger partial charge in [0.05, 0.1) is 5.75 Å². The predicted octanol–water partition coefficient (Wildman–Crippen LogP) is 0.990. The van der Waals surface area contributed by atoms with E-state index in [-0.39, 0.29) is 11.8 Å². The number of pyridine rings is 1. The molecule has 1 aliphatic rings. The lowest BCUT2D eigenvalue weighted by atomic mass is 10.3. The summed E-state index contributed by atoms with van der Waals surface area (Å²) in [4.78, 5) is 6.39. The molecular formula is C12H19N3O2S. The molecule has 1 atom stereocenters. The van der Waals surface area contributed by atoms with Gasteiger partial charge in [-0.25, -0.2) is 18.1 Å². The lowest BCUT2D eigenvalue weighted by Crippen LogP contribution is -2.38. The van der Waals surface area contributed by atoms with Gasteiger partial charge in [-0.05, 0) is 25.0 Å². The molecule has 0 radical (unpaired) electrons. The van der Waals surface area contributed by atoms with E-state index in [2.05, 4.69) is 14.6 Å². The minimum absolute atomic E-state index is 0.00329. The second-order valence-corrected chi connectivity index (χ2v) is 6.43. The van der Waals surface area contributed by atoms with Crippen LogP contribution in [-0.4, -0.2) is 38.3 Å². The summed E-state index contributed by atoms with van der Waals surface area (Å²) < 4.78 is 26.1. The van der Waals surface area contributed by atoms with Gasteiger partial charge < -0.3 is 4.90 Å². The van der Waals surface area contributed by atoms with Gasteiger partial charge in [0.25, 0.3) is 0 Å². The van der Waals surface area contributed by atoms with Gasteiger partial charge in [0, 0.05) is 25.3 Å². The molecule has 2 rings (SSSR count). The Hall–Kier alpha value is -1.14. The Morgan fingerprint density at radius 1 is 1.50 bits per heavy atom. The standard InChI is InChI=1S/C12H19N3O2S/c1-2-9-18(16,17)14-11-6-8-15(10-11)12-5-3-4-7-13-12/h3-5,7,11,14H,2,6,8-10H2,1H3. The first kappa shape index (κ1) is 13.3. The molecule has 1 fully saturated rings. The van der Waals surface area contributed by atoms with Crippen molar-refractivity contribution >= 4 is 15.8 Å². The van der Waals surface area contributed by atoms with Crippen molar-refractivity contribution in [3.63, 3.8) is 0 Å². The van der Waals surface area contributed by atoms with Crippen molar-refractivity contribution in [1.82, 2.24) is 9.71 Å². The van der Waals surface area contributed by atoms with E-state index in [0.29, 0.717) is 13.0 Å². The summed E-state index contributed by atoms with van der Waals surface area (Å²) in [7, 11) is -3.12. The molecule has 1 aliphatic heterocycles. The Morgan fingerprint density at radius 2 is 2.33 bits per heavy atom. The third-order valence-electron chi connectivity index (χ3n) is 2.98. The van der Waals surface area contributed by atoms with Crippen LogP contribution in [0.2, 0.25) is 0 Å². The minimum atomic E-state index is -3.12. The third kappa shape index (κ3) is 3.43. The molecule has 0 amide bonds. The minimum Gasteiger partial charge on any atom is -0.355 e. The van der Waals surface area contributed by atoms with Crippen molar-refractivity contribution in [3.05, 3.63) is 24.4 Å². The van der Waals surface area contributed by atoms with Gasteiger partial charge in [-0.3, -0.25) is 0 Å². The maximum absolute atomic E-state index is 11.7. The van der Waals surface area contributed by atoms with Crippen LogP contribution in [0.4, 0.5) is 5.82 Å². The molecule has 0 aromatic carbocycles. The lowest BCUT2D eigenvalue weighted by Gasteiger charge is -2.17. The number of sulfonamides is 1. The topological polar surface area (TPSA) is 62.3 Å². The number of rotatable bonds is 5. The van der Waals surface area contributed by atoms with Crippen molar-refractivity contribution in [2.24, 2.45) is 0 Å². The zero-order chi connectivity index (χ0) is 13.0. The van der Waals surface area contributed by atoms with Gasteiger partial charge in [-0.15, -0.1) is 0 Å². The van der Waals surface area contributed by atoms with E-state index in [9.17, 15) is 8.42 Å². The van der Waals surface area contributed by atoms with Gasteiger partial charge in [0.2, 0.25) is 10.0 Å². The number of hydrogen-bond donors (Lipinski definition) is 1. The van der Waals surface area contributed by atoms with E-state index in [0.717, 1.165) is 18.8 Å². The van der Waals surface area contributed by atoms with Crippen molar-refractivity contribution in [2.75, 3.05) is 23.7 Å². The van der Waals surface area contributed by atoms with Crippen LogP contribution in [0.3, 0.4) is 0 Å². The van der Waals surface area contributed by atoms with Crippen LogP contribution in [0.15, 0.2) is 24.4 Å². The smallest absolute Gasteiger partial charge is 0.211 e. The normalized spacial score (nSPS) is 20.3. The van der Waals surface area contributed by atoms with Crippen LogP contribution in [-0.2, 0) is 10.0 Å². The van der Waals surface area contributed by atoms with Gasteiger partial charge >= 0.3 is 0 Å². The molecule has 1 saturated heterocycles. The Kier molecular flexibility index (Phi) is 4.19. The Bertz CT molecular complexity index is 475. The molecule has 2 heterocycles. The van der Waals surface area contributed by atoms with E-state index in [4.69, 9.17) is 0 Å². The van der Waals surface area contributed by atoms with Crippen LogP contribution < -0.4 is 9.62 Å². The first-order chi connectivity index (χ1) is 8.61.